The first-order valence-corrected chi connectivity index (χ1v) is 6.24. The first-order chi connectivity index (χ1) is 8.18. The van der Waals surface area contributed by atoms with Crippen LogP contribution in [-0.2, 0) is 0 Å². The fourth-order valence-electron chi connectivity index (χ4n) is 1.14. The molecule has 0 radical (unpaired) electrons. The van der Waals surface area contributed by atoms with Crippen molar-refractivity contribution in [3.63, 3.8) is 0 Å². The van der Waals surface area contributed by atoms with E-state index in [9.17, 15) is 0 Å². The van der Waals surface area contributed by atoms with Gasteiger partial charge in [-0.25, -0.2) is 4.98 Å². The lowest BCUT2D eigenvalue weighted by Gasteiger charge is -2.05. The molecule has 3 N–H and O–H groups in total. The number of pyridine rings is 1. The second kappa shape index (κ2) is 5.24. The summed E-state index contributed by atoms with van der Waals surface area (Å²) in [6.07, 6.45) is 3.20. The minimum atomic E-state index is -0.0329. The molecular formula is C10H8BrN5S. The quantitative estimate of drug-likeness (QED) is 0.669. The van der Waals surface area contributed by atoms with Gasteiger partial charge < -0.3 is 5.73 Å². The Morgan fingerprint density at radius 3 is 2.82 bits per heavy atom. The predicted octanol–water partition coefficient (Wildman–Crippen LogP) is 2.07. The predicted molar refractivity (Wildman–Crippen MR) is 69.1 cm³/mol. The summed E-state index contributed by atoms with van der Waals surface area (Å²) in [6, 6.07) is 5.38. The number of hydrogen-bond donors (Lipinski definition) is 2. The van der Waals surface area contributed by atoms with Gasteiger partial charge in [-0.3, -0.25) is 5.41 Å². The number of aromatic nitrogens is 3. The van der Waals surface area contributed by atoms with Crippen molar-refractivity contribution in [1.82, 2.24) is 15.2 Å². The molecule has 0 atom stereocenters. The second-order valence-electron chi connectivity index (χ2n) is 3.06. The summed E-state index contributed by atoms with van der Waals surface area (Å²) in [5, 5.41) is 16.5. The average molecular weight is 310 g/mol. The molecule has 2 heterocycles. The molecule has 2 aromatic heterocycles. The number of nitrogens with one attached hydrogen (secondary N) is 1. The smallest absolute Gasteiger partial charge is 0.136 e. The van der Waals surface area contributed by atoms with Crippen molar-refractivity contribution in [3.8, 4) is 0 Å². The molecular weight excluding hydrogens is 302 g/mol. The van der Waals surface area contributed by atoms with Crippen LogP contribution in [0.5, 0.6) is 0 Å². The van der Waals surface area contributed by atoms with Crippen LogP contribution >= 0.6 is 27.7 Å². The van der Waals surface area contributed by atoms with Gasteiger partial charge in [-0.05, 0) is 45.9 Å². The summed E-state index contributed by atoms with van der Waals surface area (Å²) in [5.41, 5.74) is 6.03. The SMILES string of the molecule is N=C(N)c1ccnnc1Sc1ncccc1Br. The van der Waals surface area contributed by atoms with E-state index in [4.69, 9.17) is 11.1 Å². The summed E-state index contributed by atoms with van der Waals surface area (Å²) in [7, 11) is 0. The number of halogens is 1. The van der Waals surface area contributed by atoms with Gasteiger partial charge in [0.05, 0.1) is 16.2 Å². The number of hydrogen-bond acceptors (Lipinski definition) is 5. The Morgan fingerprint density at radius 2 is 2.12 bits per heavy atom. The van der Waals surface area contributed by atoms with E-state index in [0.29, 0.717) is 10.6 Å². The molecule has 0 aliphatic heterocycles. The molecule has 0 aliphatic carbocycles. The van der Waals surface area contributed by atoms with Crippen LogP contribution in [0.2, 0.25) is 0 Å². The van der Waals surface area contributed by atoms with Crippen molar-refractivity contribution in [2.45, 2.75) is 10.1 Å². The molecule has 0 spiro atoms. The van der Waals surface area contributed by atoms with Gasteiger partial charge in [0.25, 0.3) is 0 Å². The van der Waals surface area contributed by atoms with Crippen molar-refractivity contribution < 1.29 is 0 Å². The minimum absolute atomic E-state index is 0.0329. The molecule has 0 unspecified atom stereocenters. The van der Waals surface area contributed by atoms with Crippen LogP contribution in [0.3, 0.4) is 0 Å². The Labute approximate surface area is 110 Å². The molecule has 0 fully saturated rings. The molecule has 2 aromatic rings. The van der Waals surface area contributed by atoms with Crippen molar-refractivity contribution in [1.29, 1.82) is 5.41 Å². The summed E-state index contributed by atoms with van der Waals surface area (Å²) in [6.45, 7) is 0. The standard InChI is InChI=1S/C10H8BrN5S/c11-7-2-1-4-14-10(7)17-9-6(8(12)13)3-5-15-16-9/h1-5H,(H3,12,13). The molecule has 2 rings (SSSR count). The molecule has 0 saturated carbocycles. The van der Waals surface area contributed by atoms with E-state index in [0.717, 1.165) is 9.50 Å². The van der Waals surface area contributed by atoms with Crippen LogP contribution in [0.4, 0.5) is 0 Å². The minimum Gasteiger partial charge on any atom is -0.384 e. The van der Waals surface area contributed by atoms with Gasteiger partial charge in [-0.2, -0.15) is 5.10 Å². The van der Waals surface area contributed by atoms with E-state index in [1.54, 1.807) is 12.3 Å². The zero-order valence-corrected chi connectivity index (χ0v) is 11.0. The summed E-state index contributed by atoms with van der Waals surface area (Å²) < 4.78 is 0.866. The van der Waals surface area contributed by atoms with Gasteiger partial charge in [0.15, 0.2) is 0 Å². The molecule has 86 valence electrons. The van der Waals surface area contributed by atoms with Gasteiger partial charge in [0.1, 0.15) is 15.9 Å². The van der Waals surface area contributed by atoms with Gasteiger partial charge >= 0.3 is 0 Å². The molecule has 0 amide bonds. The van der Waals surface area contributed by atoms with Crippen LogP contribution in [0.15, 0.2) is 45.1 Å². The topological polar surface area (TPSA) is 88.5 Å². The largest absolute Gasteiger partial charge is 0.384 e. The van der Waals surface area contributed by atoms with E-state index >= 15 is 0 Å². The second-order valence-corrected chi connectivity index (χ2v) is 4.89. The first kappa shape index (κ1) is 12.0. The third-order valence-electron chi connectivity index (χ3n) is 1.90. The van der Waals surface area contributed by atoms with Crippen molar-refractivity contribution in [3.05, 3.63) is 40.6 Å². The lowest BCUT2D eigenvalue weighted by Crippen LogP contribution is -2.13. The molecule has 0 aromatic carbocycles. The number of nitrogens with two attached hydrogens (primary N) is 1. The third-order valence-corrected chi connectivity index (χ3v) is 3.81. The third kappa shape index (κ3) is 2.80. The van der Waals surface area contributed by atoms with E-state index < -0.39 is 0 Å². The van der Waals surface area contributed by atoms with E-state index in [-0.39, 0.29) is 5.84 Å². The highest BCUT2D eigenvalue weighted by Gasteiger charge is 2.11. The number of nitrogens with zero attached hydrogens (tertiary/aromatic N) is 3. The molecule has 5 nitrogen and oxygen atoms in total. The zero-order chi connectivity index (χ0) is 12.3. The van der Waals surface area contributed by atoms with E-state index in [1.165, 1.54) is 18.0 Å². The van der Waals surface area contributed by atoms with Gasteiger partial charge in [-0.1, -0.05) is 0 Å². The summed E-state index contributed by atoms with van der Waals surface area (Å²) in [4.78, 5) is 4.21. The van der Waals surface area contributed by atoms with Crippen LogP contribution in [0.25, 0.3) is 0 Å². The highest BCUT2D eigenvalue weighted by Crippen LogP contribution is 2.31. The Hall–Kier alpha value is -1.47. The Bertz CT molecular complexity index is 560. The normalized spacial score (nSPS) is 10.2. The monoisotopic (exact) mass is 309 g/mol. The highest BCUT2D eigenvalue weighted by atomic mass is 79.9. The van der Waals surface area contributed by atoms with E-state index in [1.807, 2.05) is 12.1 Å². The number of nitrogen functional groups attached to an aromatic ring is 1. The summed E-state index contributed by atoms with van der Waals surface area (Å²) >= 11 is 4.72. The summed E-state index contributed by atoms with van der Waals surface area (Å²) in [5.74, 6) is -0.0329. The van der Waals surface area contributed by atoms with Crippen LogP contribution in [0.1, 0.15) is 5.56 Å². The Morgan fingerprint density at radius 1 is 1.29 bits per heavy atom. The van der Waals surface area contributed by atoms with Crippen molar-refractivity contribution in [2.75, 3.05) is 0 Å². The first-order valence-electron chi connectivity index (χ1n) is 4.63. The highest BCUT2D eigenvalue weighted by molar-refractivity contribution is 9.10. The van der Waals surface area contributed by atoms with E-state index in [2.05, 4.69) is 31.1 Å². The number of amidine groups is 1. The number of rotatable bonds is 3. The maximum Gasteiger partial charge on any atom is 0.136 e. The molecule has 0 aliphatic rings. The van der Waals surface area contributed by atoms with Crippen LogP contribution in [-0.4, -0.2) is 21.0 Å². The van der Waals surface area contributed by atoms with Crippen LogP contribution in [0, 0.1) is 5.41 Å². The van der Waals surface area contributed by atoms with Gasteiger partial charge in [0, 0.05) is 6.20 Å². The van der Waals surface area contributed by atoms with Gasteiger partial charge in [0.2, 0.25) is 0 Å². The molecule has 17 heavy (non-hydrogen) atoms. The van der Waals surface area contributed by atoms with Crippen LogP contribution < -0.4 is 5.73 Å². The Kier molecular flexibility index (Phi) is 3.70. The fraction of sp³-hybridized carbons (Fsp3) is 0. The fourth-order valence-corrected chi connectivity index (χ4v) is 2.47. The van der Waals surface area contributed by atoms with Crippen molar-refractivity contribution >= 4 is 33.5 Å². The Balaban J connectivity index is 2.37. The average Bonchev–Trinajstić information content (AvgIpc) is 2.32. The molecule has 0 bridgehead atoms. The molecule has 0 saturated heterocycles. The van der Waals surface area contributed by atoms with Crippen molar-refractivity contribution in [2.24, 2.45) is 5.73 Å². The maximum absolute atomic E-state index is 7.46. The molecule has 7 heteroatoms. The lowest BCUT2D eigenvalue weighted by molar-refractivity contribution is 0.917. The lowest BCUT2D eigenvalue weighted by atomic mass is 10.3. The maximum atomic E-state index is 7.46. The zero-order valence-electron chi connectivity index (χ0n) is 8.59. The van der Waals surface area contributed by atoms with Gasteiger partial charge in [-0.15, -0.1) is 5.10 Å².